The molecule has 1 amide bonds. The van der Waals surface area contributed by atoms with Crippen LogP contribution in [0.2, 0.25) is 0 Å². The molecule has 1 saturated heterocycles. The van der Waals surface area contributed by atoms with Crippen LogP contribution in [0.1, 0.15) is 34.8 Å². The van der Waals surface area contributed by atoms with Crippen LogP contribution in [0.25, 0.3) is 11.4 Å². The van der Waals surface area contributed by atoms with Crippen molar-refractivity contribution >= 4 is 11.7 Å². The van der Waals surface area contributed by atoms with Crippen molar-refractivity contribution < 1.29 is 9.53 Å². The smallest absolute Gasteiger partial charge is 0.253 e. The lowest BCUT2D eigenvalue weighted by molar-refractivity contribution is 0.0706. The summed E-state index contributed by atoms with van der Waals surface area (Å²) in [4.78, 5) is 30.8. The fourth-order valence-corrected chi connectivity index (χ4v) is 3.83. The number of aromatic nitrogens is 3. The highest BCUT2D eigenvalue weighted by Crippen LogP contribution is 2.30. The standard InChI is InChI=1S/C24H27N5O2/c1-28(2)22-14-21(26-23(27-22)18-6-4-12-25-15-18)19-7-5-13-29(16-19)24(30)17-8-10-20(31-3)11-9-17/h4,6,8-12,14-15,19H,5,7,13,16H2,1-3H3. The van der Waals surface area contributed by atoms with Crippen LogP contribution in [0.3, 0.4) is 0 Å². The first kappa shape index (κ1) is 20.8. The van der Waals surface area contributed by atoms with Crippen LogP contribution in [0.5, 0.6) is 5.75 Å². The number of piperidine rings is 1. The van der Waals surface area contributed by atoms with Gasteiger partial charge in [-0.25, -0.2) is 9.97 Å². The molecule has 3 heterocycles. The van der Waals surface area contributed by atoms with Gasteiger partial charge in [-0.15, -0.1) is 0 Å². The zero-order valence-electron chi connectivity index (χ0n) is 18.2. The Morgan fingerprint density at radius 2 is 1.97 bits per heavy atom. The van der Waals surface area contributed by atoms with E-state index in [2.05, 4.69) is 4.98 Å². The zero-order chi connectivity index (χ0) is 21.8. The SMILES string of the molecule is COc1ccc(C(=O)N2CCCC(c3cc(N(C)C)nc(-c4cccnc4)n3)C2)cc1. The number of amides is 1. The summed E-state index contributed by atoms with van der Waals surface area (Å²) < 4.78 is 5.20. The number of likely N-dealkylation sites (tertiary alicyclic amines) is 1. The molecule has 4 rings (SSSR count). The summed E-state index contributed by atoms with van der Waals surface area (Å²) in [6.07, 6.45) is 5.45. The molecule has 0 spiro atoms. The number of nitrogens with zero attached hydrogens (tertiary/aromatic N) is 5. The Hall–Kier alpha value is -3.48. The topological polar surface area (TPSA) is 71.5 Å². The van der Waals surface area contributed by atoms with E-state index in [1.54, 1.807) is 19.5 Å². The molecule has 7 nitrogen and oxygen atoms in total. The summed E-state index contributed by atoms with van der Waals surface area (Å²) in [5.41, 5.74) is 2.52. The van der Waals surface area contributed by atoms with E-state index in [1.165, 1.54) is 0 Å². The van der Waals surface area contributed by atoms with Crippen LogP contribution in [-0.4, -0.2) is 60.1 Å². The van der Waals surface area contributed by atoms with Crippen LogP contribution in [0, 0.1) is 0 Å². The number of pyridine rings is 1. The van der Waals surface area contributed by atoms with E-state index >= 15 is 0 Å². The molecule has 0 aliphatic carbocycles. The predicted molar refractivity (Wildman–Crippen MR) is 120 cm³/mol. The van der Waals surface area contributed by atoms with Gasteiger partial charge in [0.05, 0.1) is 12.8 Å². The molecule has 7 heteroatoms. The molecule has 1 aliphatic heterocycles. The first-order chi connectivity index (χ1) is 15.0. The first-order valence-electron chi connectivity index (χ1n) is 10.4. The van der Waals surface area contributed by atoms with E-state index in [0.717, 1.165) is 42.2 Å². The molecular weight excluding hydrogens is 390 g/mol. The molecule has 1 fully saturated rings. The molecule has 0 saturated carbocycles. The van der Waals surface area contributed by atoms with Crippen molar-refractivity contribution in [3.05, 3.63) is 66.1 Å². The van der Waals surface area contributed by atoms with Crippen LogP contribution >= 0.6 is 0 Å². The van der Waals surface area contributed by atoms with Crippen molar-refractivity contribution in [3.8, 4) is 17.1 Å². The summed E-state index contributed by atoms with van der Waals surface area (Å²) in [6, 6.07) is 13.2. The lowest BCUT2D eigenvalue weighted by atomic mass is 9.93. The van der Waals surface area contributed by atoms with Crippen LogP contribution in [-0.2, 0) is 0 Å². The first-order valence-corrected chi connectivity index (χ1v) is 10.4. The second-order valence-electron chi connectivity index (χ2n) is 7.93. The maximum absolute atomic E-state index is 13.1. The fourth-order valence-electron chi connectivity index (χ4n) is 3.83. The third kappa shape index (κ3) is 4.66. The predicted octanol–water partition coefficient (Wildman–Crippen LogP) is 3.63. The minimum atomic E-state index is 0.0433. The molecule has 31 heavy (non-hydrogen) atoms. The number of rotatable bonds is 5. The summed E-state index contributed by atoms with van der Waals surface area (Å²) in [5.74, 6) is 2.46. The molecule has 2 aromatic heterocycles. The quantitative estimate of drug-likeness (QED) is 0.631. The third-order valence-electron chi connectivity index (χ3n) is 5.57. The highest BCUT2D eigenvalue weighted by molar-refractivity contribution is 5.94. The van der Waals surface area contributed by atoms with E-state index < -0.39 is 0 Å². The zero-order valence-corrected chi connectivity index (χ0v) is 18.2. The van der Waals surface area contributed by atoms with Crippen molar-refractivity contribution in [2.24, 2.45) is 0 Å². The largest absolute Gasteiger partial charge is 0.497 e. The van der Waals surface area contributed by atoms with Crippen LogP contribution in [0.4, 0.5) is 5.82 Å². The molecule has 1 aromatic carbocycles. The Bertz CT molecular complexity index is 1040. The van der Waals surface area contributed by atoms with Gasteiger partial charge in [0.15, 0.2) is 5.82 Å². The number of carbonyl (C=O) groups excluding carboxylic acids is 1. The molecule has 1 atom stereocenters. The molecule has 1 unspecified atom stereocenters. The third-order valence-corrected chi connectivity index (χ3v) is 5.57. The molecule has 0 radical (unpaired) electrons. The van der Waals surface area contributed by atoms with Gasteiger partial charge in [-0.2, -0.15) is 0 Å². The second-order valence-corrected chi connectivity index (χ2v) is 7.93. The van der Waals surface area contributed by atoms with Gasteiger partial charge in [-0.1, -0.05) is 0 Å². The molecular formula is C24H27N5O2. The number of ether oxygens (including phenoxy) is 1. The summed E-state index contributed by atoms with van der Waals surface area (Å²) in [7, 11) is 5.56. The maximum atomic E-state index is 13.1. The summed E-state index contributed by atoms with van der Waals surface area (Å²) in [5, 5.41) is 0. The highest BCUT2D eigenvalue weighted by Gasteiger charge is 2.27. The Morgan fingerprint density at radius 3 is 2.65 bits per heavy atom. The van der Waals surface area contributed by atoms with Crippen LogP contribution < -0.4 is 9.64 Å². The van der Waals surface area contributed by atoms with Crippen molar-refractivity contribution in [1.29, 1.82) is 0 Å². The average Bonchev–Trinajstić information content (AvgIpc) is 2.84. The van der Waals surface area contributed by atoms with Gasteiger partial charge in [-0.3, -0.25) is 9.78 Å². The Morgan fingerprint density at radius 1 is 1.16 bits per heavy atom. The minimum absolute atomic E-state index is 0.0433. The number of methoxy groups -OCH3 is 1. The molecule has 3 aromatic rings. The van der Waals surface area contributed by atoms with E-state index in [-0.39, 0.29) is 11.8 Å². The number of anilines is 1. The van der Waals surface area contributed by atoms with Crippen molar-refractivity contribution in [2.75, 3.05) is 39.2 Å². The van der Waals surface area contributed by atoms with Gasteiger partial charge in [0.25, 0.3) is 5.91 Å². The summed E-state index contributed by atoms with van der Waals surface area (Å²) in [6.45, 7) is 1.39. The molecule has 0 N–H and O–H groups in total. The highest BCUT2D eigenvalue weighted by atomic mass is 16.5. The van der Waals surface area contributed by atoms with Crippen molar-refractivity contribution in [2.45, 2.75) is 18.8 Å². The molecule has 1 aliphatic rings. The number of carbonyl (C=O) groups is 1. The summed E-state index contributed by atoms with van der Waals surface area (Å²) >= 11 is 0. The van der Waals surface area contributed by atoms with E-state index in [1.807, 2.05) is 66.4 Å². The Balaban J connectivity index is 1.60. The van der Waals surface area contributed by atoms with Gasteiger partial charge in [-0.05, 0) is 49.2 Å². The van der Waals surface area contributed by atoms with Crippen molar-refractivity contribution in [3.63, 3.8) is 0 Å². The van der Waals surface area contributed by atoms with Gasteiger partial charge in [0.2, 0.25) is 0 Å². The minimum Gasteiger partial charge on any atom is -0.497 e. The Labute approximate surface area is 182 Å². The van der Waals surface area contributed by atoms with E-state index in [4.69, 9.17) is 14.7 Å². The molecule has 0 bridgehead atoms. The maximum Gasteiger partial charge on any atom is 0.253 e. The fraction of sp³-hybridized carbons (Fsp3) is 0.333. The van der Waals surface area contributed by atoms with Gasteiger partial charge < -0.3 is 14.5 Å². The van der Waals surface area contributed by atoms with E-state index in [9.17, 15) is 4.79 Å². The second kappa shape index (κ2) is 9.12. The van der Waals surface area contributed by atoms with Crippen LogP contribution in [0.15, 0.2) is 54.9 Å². The average molecular weight is 418 g/mol. The molecule has 160 valence electrons. The van der Waals surface area contributed by atoms with Gasteiger partial charge >= 0.3 is 0 Å². The number of hydrogen-bond donors (Lipinski definition) is 0. The van der Waals surface area contributed by atoms with E-state index in [0.29, 0.717) is 17.9 Å². The van der Waals surface area contributed by atoms with Crippen molar-refractivity contribution in [1.82, 2.24) is 19.9 Å². The monoisotopic (exact) mass is 417 g/mol. The normalized spacial score (nSPS) is 16.1. The lowest BCUT2D eigenvalue weighted by Crippen LogP contribution is -2.39. The number of benzene rings is 1. The lowest BCUT2D eigenvalue weighted by Gasteiger charge is -2.33. The number of hydrogen-bond acceptors (Lipinski definition) is 6. The van der Waals surface area contributed by atoms with Gasteiger partial charge in [0, 0.05) is 62.7 Å². The Kier molecular flexibility index (Phi) is 6.11. The van der Waals surface area contributed by atoms with Gasteiger partial charge in [0.1, 0.15) is 11.6 Å².